The summed E-state index contributed by atoms with van der Waals surface area (Å²) in [5, 5.41) is 6.26. The van der Waals surface area contributed by atoms with Gasteiger partial charge in [-0.25, -0.2) is 18.4 Å². The van der Waals surface area contributed by atoms with Gasteiger partial charge in [-0.05, 0) is 107 Å². The van der Waals surface area contributed by atoms with Crippen LogP contribution in [0.5, 0.6) is 0 Å². The van der Waals surface area contributed by atoms with Crippen LogP contribution in [-0.2, 0) is 38.1 Å². The van der Waals surface area contributed by atoms with Gasteiger partial charge >= 0.3 is 5.69 Å². The second-order valence-corrected chi connectivity index (χ2v) is 19.9. The summed E-state index contributed by atoms with van der Waals surface area (Å²) in [6.07, 6.45) is 16.6. The zero-order valence-electron chi connectivity index (χ0n) is 36.1. The molecule has 5 fully saturated rings. The van der Waals surface area contributed by atoms with Gasteiger partial charge in [0.25, 0.3) is 0 Å². The number of aldehydes is 1. The Labute approximate surface area is 362 Å². The molecule has 1 aromatic carbocycles. The predicted molar refractivity (Wildman–Crippen MR) is 236 cm³/mol. The monoisotopic (exact) mass is 854 g/mol. The number of aryl methyl sites for hydroxylation is 2. The van der Waals surface area contributed by atoms with E-state index in [9.17, 15) is 24.0 Å². The molecule has 9 rings (SSSR count). The number of fused-ring (bicyclic) bond motifs is 3. The number of anilines is 2. The van der Waals surface area contributed by atoms with E-state index in [1.807, 2.05) is 36.5 Å². The maximum Gasteiger partial charge on any atom is 0.329 e. The number of piperidine rings is 2. The molecular formula is C45H62N10O5S. The van der Waals surface area contributed by atoms with Crippen LogP contribution in [-0.4, -0.2) is 114 Å². The normalized spacial score (nSPS) is 24.0. The highest BCUT2D eigenvalue weighted by atomic mass is 32.2. The lowest BCUT2D eigenvalue weighted by Crippen LogP contribution is -2.71. The summed E-state index contributed by atoms with van der Waals surface area (Å²) >= 11 is 1.83. The van der Waals surface area contributed by atoms with E-state index in [-0.39, 0.29) is 59.3 Å². The van der Waals surface area contributed by atoms with Gasteiger partial charge < -0.3 is 20.3 Å². The van der Waals surface area contributed by atoms with Crippen LogP contribution >= 0.6 is 12.1 Å². The standard InChI is InChI=1S/C45H62N10O5S/c1-30-10-8-12-34(30)55-39-33(45(20-21-45)41(55)59)27-47-42(49-39)48-32-17-23-51(24-18-32)61-52-28-44(29-52)19-6-7-22-53(44)38(57)14-5-4-11-31-15-16-35-37(26-31)50(3)43(60)54(35)36(13-9-25-56)40(58)46-2/h15-16,25-27,30,32,34,36H,4-14,17-24,28-29H2,1-3H3,(H,46,58)(H,47,48,49). The fourth-order valence-electron chi connectivity index (χ4n) is 11.1. The van der Waals surface area contributed by atoms with Crippen LogP contribution < -0.4 is 21.2 Å². The number of imidazole rings is 1. The summed E-state index contributed by atoms with van der Waals surface area (Å²) in [6.45, 7) is 6.82. The quantitative estimate of drug-likeness (QED) is 0.122. The molecule has 3 atom stereocenters. The molecule has 2 aromatic heterocycles. The average molecular weight is 855 g/mol. The minimum absolute atomic E-state index is 0.0705. The molecule has 2 spiro atoms. The van der Waals surface area contributed by atoms with Crippen molar-refractivity contribution in [3.63, 3.8) is 0 Å². The van der Waals surface area contributed by atoms with Crippen LogP contribution in [0.4, 0.5) is 11.8 Å². The summed E-state index contributed by atoms with van der Waals surface area (Å²) in [6, 6.07) is 5.66. The van der Waals surface area contributed by atoms with Gasteiger partial charge in [0.15, 0.2) is 0 Å². The molecule has 4 aliphatic heterocycles. The minimum atomic E-state index is -0.761. The molecule has 2 aliphatic carbocycles. The summed E-state index contributed by atoms with van der Waals surface area (Å²) in [5.74, 6) is 2.20. The van der Waals surface area contributed by atoms with E-state index in [0.29, 0.717) is 23.8 Å². The third-order valence-electron chi connectivity index (χ3n) is 14.8. The number of nitrogens with one attached hydrogen (secondary N) is 2. The summed E-state index contributed by atoms with van der Waals surface area (Å²) < 4.78 is 7.96. The molecule has 0 radical (unpaired) electrons. The molecule has 3 saturated heterocycles. The number of aromatic nitrogens is 4. The zero-order valence-corrected chi connectivity index (χ0v) is 36.9. The molecule has 3 amide bonds. The van der Waals surface area contributed by atoms with E-state index in [2.05, 4.69) is 36.0 Å². The Kier molecular flexibility index (Phi) is 11.8. The molecule has 0 bridgehead atoms. The molecule has 15 nitrogen and oxygen atoms in total. The van der Waals surface area contributed by atoms with Gasteiger partial charge in [0.1, 0.15) is 18.1 Å². The number of amides is 3. The van der Waals surface area contributed by atoms with Gasteiger partial charge in [-0.1, -0.05) is 19.4 Å². The van der Waals surface area contributed by atoms with E-state index >= 15 is 0 Å². The number of benzene rings is 1. The zero-order chi connectivity index (χ0) is 42.5. The number of carbonyl (C=O) groups is 4. The van der Waals surface area contributed by atoms with Crippen LogP contribution in [0, 0.1) is 5.92 Å². The highest BCUT2D eigenvalue weighted by Gasteiger charge is 2.62. The molecule has 6 heterocycles. The lowest BCUT2D eigenvalue weighted by atomic mass is 9.81. The molecule has 328 valence electrons. The van der Waals surface area contributed by atoms with Gasteiger partial charge in [-0.3, -0.25) is 28.4 Å². The predicted octanol–water partition coefficient (Wildman–Crippen LogP) is 4.88. The molecule has 6 aliphatic rings. The summed E-state index contributed by atoms with van der Waals surface area (Å²) in [5.41, 5.74) is 2.82. The van der Waals surface area contributed by atoms with Gasteiger partial charge in [0, 0.05) is 95.6 Å². The average Bonchev–Trinajstić information content (AvgIpc) is 3.83. The van der Waals surface area contributed by atoms with Gasteiger partial charge in [-0.2, -0.15) is 4.98 Å². The van der Waals surface area contributed by atoms with Crippen molar-refractivity contribution in [2.75, 3.05) is 50.0 Å². The van der Waals surface area contributed by atoms with E-state index in [4.69, 9.17) is 9.97 Å². The molecule has 2 N–H and O–H groups in total. The Hall–Kier alpha value is -4.28. The van der Waals surface area contributed by atoms with Crippen molar-refractivity contribution in [1.29, 1.82) is 0 Å². The topological polar surface area (TPSA) is 158 Å². The Bertz CT molecular complexity index is 2220. The molecule has 16 heteroatoms. The van der Waals surface area contributed by atoms with E-state index < -0.39 is 6.04 Å². The van der Waals surface area contributed by atoms with Crippen molar-refractivity contribution in [3.8, 4) is 0 Å². The maximum atomic E-state index is 13.7. The first-order valence-corrected chi connectivity index (χ1v) is 23.6. The minimum Gasteiger partial charge on any atom is -0.357 e. The Morgan fingerprint density at radius 1 is 0.984 bits per heavy atom. The van der Waals surface area contributed by atoms with Crippen LogP contribution in [0.3, 0.4) is 0 Å². The third-order valence-corrected chi connectivity index (χ3v) is 15.9. The molecular weight excluding hydrogens is 793 g/mol. The molecule has 2 saturated carbocycles. The lowest BCUT2D eigenvalue weighted by molar-refractivity contribution is -0.146. The number of nitrogens with zero attached hydrogens (tertiary/aromatic N) is 8. The smallest absolute Gasteiger partial charge is 0.329 e. The van der Waals surface area contributed by atoms with Crippen molar-refractivity contribution < 1.29 is 19.2 Å². The number of unbranched alkanes of at least 4 members (excludes halogenated alkanes) is 1. The first-order chi connectivity index (χ1) is 29.6. The van der Waals surface area contributed by atoms with Crippen LogP contribution in [0.15, 0.2) is 29.2 Å². The van der Waals surface area contributed by atoms with Gasteiger partial charge in [0.05, 0.1) is 22.0 Å². The Morgan fingerprint density at radius 3 is 2.51 bits per heavy atom. The Morgan fingerprint density at radius 2 is 1.79 bits per heavy atom. The van der Waals surface area contributed by atoms with Crippen LogP contribution in [0.25, 0.3) is 11.0 Å². The largest absolute Gasteiger partial charge is 0.357 e. The first-order valence-electron chi connectivity index (χ1n) is 22.9. The number of hydrogen-bond acceptors (Lipinski definition) is 11. The van der Waals surface area contributed by atoms with Crippen molar-refractivity contribution in [2.45, 2.75) is 139 Å². The number of likely N-dealkylation sites (N-methyl/N-ethyl adjacent to an activating group) is 1. The third kappa shape index (κ3) is 7.78. The fourth-order valence-corrected chi connectivity index (χ4v) is 12.4. The highest BCUT2D eigenvalue weighted by molar-refractivity contribution is 7.94. The fraction of sp³-hybridized carbons (Fsp3) is 0.667. The second kappa shape index (κ2) is 17.1. The molecule has 3 aromatic rings. The first kappa shape index (κ1) is 42.0. The number of likely N-dealkylation sites (tertiary alicyclic amines) is 1. The van der Waals surface area contributed by atoms with Gasteiger partial charge in [0.2, 0.25) is 23.7 Å². The van der Waals surface area contributed by atoms with Crippen molar-refractivity contribution in [1.82, 2.24) is 37.9 Å². The highest BCUT2D eigenvalue weighted by Crippen LogP contribution is 2.58. The number of rotatable bonds is 15. The Balaban J connectivity index is 0.737. The van der Waals surface area contributed by atoms with Gasteiger partial charge in [-0.15, -0.1) is 0 Å². The van der Waals surface area contributed by atoms with Crippen molar-refractivity contribution in [2.24, 2.45) is 13.0 Å². The van der Waals surface area contributed by atoms with Crippen LogP contribution in [0.2, 0.25) is 0 Å². The van der Waals surface area contributed by atoms with Crippen molar-refractivity contribution in [3.05, 3.63) is 46.0 Å². The van der Waals surface area contributed by atoms with E-state index in [1.54, 1.807) is 11.6 Å². The van der Waals surface area contributed by atoms with E-state index in [1.165, 1.54) is 24.5 Å². The second-order valence-electron chi connectivity index (χ2n) is 18.7. The number of hydrogen-bond donors (Lipinski definition) is 2. The molecule has 61 heavy (non-hydrogen) atoms. The van der Waals surface area contributed by atoms with Crippen molar-refractivity contribution >= 4 is 58.9 Å². The summed E-state index contributed by atoms with van der Waals surface area (Å²) in [4.78, 5) is 78.5. The molecule has 3 unspecified atom stereocenters. The number of carbonyl (C=O) groups excluding carboxylic acids is 4. The van der Waals surface area contributed by atoms with E-state index in [0.717, 1.165) is 132 Å². The lowest BCUT2D eigenvalue weighted by Gasteiger charge is -2.58. The van der Waals surface area contributed by atoms with Crippen LogP contribution in [0.1, 0.15) is 120 Å². The maximum absolute atomic E-state index is 13.7. The SMILES string of the molecule is CNC(=O)C(CCC=O)n1c(=O)n(C)c2cc(CCCCC(=O)N3CCCCC34CN(SN3CCC(Nc5ncc6c(n5)N(C5CCCC5C)C(=O)C65CC5)CC3)C4)ccc21. The summed E-state index contributed by atoms with van der Waals surface area (Å²) in [7, 11) is 3.25.